The van der Waals surface area contributed by atoms with E-state index in [4.69, 9.17) is 5.73 Å². The van der Waals surface area contributed by atoms with Gasteiger partial charge in [0.1, 0.15) is 12.1 Å². The Morgan fingerprint density at radius 1 is 1.13 bits per heavy atom. The summed E-state index contributed by atoms with van der Waals surface area (Å²) in [7, 11) is 7.41. The zero-order chi connectivity index (χ0) is 24.2. The zero-order valence-electron chi connectivity index (χ0n) is 18.6. The van der Waals surface area contributed by atoms with Crippen molar-refractivity contribution >= 4 is 46.1 Å². The fourth-order valence-corrected chi connectivity index (χ4v) is 2.62. The van der Waals surface area contributed by atoms with Crippen molar-refractivity contribution < 1.29 is 33.4 Å². The van der Waals surface area contributed by atoms with Crippen LogP contribution in [-0.4, -0.2) is 88.3 Å². The first-order chi connectivity index (χ1) is 14.7. The van der Waals surface area contributed by atoms with Gasteiger partial charge in [-0.15, -0.1) is 11.3 Å². The van der Waals surface area contributed by atoms with Gasteiger partial charge in [-0.3, -0.25) is 19.2 Å². The molecule has 0 spiro atoms. The molecule has 0 unspecified atom stereocenters. The lowest BCUT2D eigenvalue weighted by molar-refractivity contribution is -0.143. The van der Waals surface area contributed by atoms with Crippen LogP contribution in [0.2, 0.25) is 0 Å². The number of aromatic nitrogens is 1. The maximum Gasteiger partial charge on any atom is 0.323 e. The summed E-state index contributed by atoms with van der Waals surface area (Å²) in [5.74, 6) is -1.04. The molecule has 1 rings (SSSR count). The Morgan fingerprint density at radius 3 is 2.10 bits per heavy atom. The predicted molar refractivity (Wildman–Crippen MR) is 120 cm³/mol. The van der Waals surface area contributed by atoms with E-state index in [1.165, 1.54) is 32.7 Å². The molecule has 13 heteroatoms. The number of nitrogens with one attached hydrogen (secondary N) is 2. The van der Waals surface area contributed by atoms with E-state index in [1.807, 2.05) is 5.38 Å². The molecule has 2 atom stereocenters. The molecule has 0 aromatic carbocycles. The molecule has 0 bridgehead atoms. The molecule has 4 N–H and O–H groups in total. The first kappa shape index (κ1) is 31.1. The maximum atomic E-state index is 11.2. The van der Waals surface area contributed by atoms with Gasteiger partial charge in [-0.25, -0.2) is 4.98 Å². The van der Waals surface area contributed by atoms with Crippen LogP contribution in [0.5, 0.6) is 0 Å². The van der Waals surface area contributed by atoms with Crippen molar-refractivity contribution in [1.29, 1.82) is 0 Å². The number of nitrogens with zero attached hydrogens (tertiary/aromatic N) is 1. The molecule has 1 aromatic heterocycles. The molecular formula is C18H32N4O7S2. The molecule has 0 radical (unpaired) electrons. The number of thiazole rings is 1. The number of nitrogens with two attached hydrogens (primary N) is 1. The average Bonchev–Trinajstić information content (AvgIpc) is 3.30. The van der Waals surface area contributed by atoms with Crippen molar-refractivity contribution in [1.82, 2.24) is 15.6 Å². The van der Waals surface area contributed by atoms with Crippen LogP contribution in [0.3, 0.4) is 0 Å². The highest BCUT2D eigenvalue weighted by atomic mass is 32.2. The van der Waals surface area contributed by atoms with Crippen LogP contribution in [0.15, 0.2) is 10.9 Å². The van der Waals surface area contributed by atoms with E-state index in [1.54, 1.807) is 25.9 Å². The summed E-state index contributed by atoms with van der Waals surface area (Å²) >= 11 is 2.57. The summed E-state index contributed by atoms with van der Waals surface area (Å²) in [5.41, 5.74) is 7.96. The monoisotopic (exact) mass is 480 g/mol. The molecule has 0 aliphatic carbocycles. The van der Waals surface area contributed by atoms with E-state index in [0.717, 1.165) is 17.5 Å². The summed E-state index contributed by atoms with van der Waals surface area (Å²) in [6.45, 7) is 0.288. The Morgan fingerprint density at radius 2 is 1.74 bits per heavy atom. The Hall–Kier alpha value is -2.06. The summed E-state index contributed by atoms with van der Waals surface area (Å²) in [6.07, 6.45) is 2.26. The number of hydrogen-bond acceptors (Lipinski definition) is 13. The first-order valence-electron chi connectivity index (χ1n) is 8.94. The van der Waals surface area contributed by atoms with Gasteiger partial charge in [0.15, 0.2) is 5.12 Å². The number of hydrogen-bond donors (Lipinski definition) is 3. The third kappa shape index (κ3) is 16.3. The van der Waals surface area contributed by atoms with Crippen molar-refractivity contribution in [2.75, 3.05) is 48.2 Å². The molecule has 0 aliphatic heterocycles. The molecule has 0 saturated carbocycles. The van der Waals surface area contributed by atoms with Crippen molar-refractivity contribution in [3.8, 4) is 0 Å². The Bertz CT molecular complexity index is 645. The quantitative estimate of drug-likeness (QED) is 0.310. The van der Waals surface area contributed by atoms with E-state index >= 15 is 0 Å². The third-order valence-electron chi connectivity index (χ3n) is 3.40. The number of rotatable bonds is 9. The highest BCUT2D eigenvalue weighted by Crippen LogP contribution is 2.05. The molecule has 1 heterocycles. The van der Waals surface area contributed by atoms with Gasteiger partial charge >= 0.3 is 17.9 Å². The molecule has 0 fully saturated rings. The van der Waals surface area contributed by atoms with Crippen LogP contribution in [0.25, 0.3) is 0 Å². The molecule has 178 valence electrons. The zero-order valence-corrected chi connectivity index (χ0v) is 20.3. The van der Waals surface area contributed by atoms with Crippen LogP contribution >= 0.6 is 23.1 Å². The van der Waals surface area contributed by atoms with Gasteiger partial charge in [-0.2, -0.15) is 0 Å². The minimum Gasteiger partial charge on any atom is -0.468 e. The number of methoxy groups -OCH3 is 3. The topological polar surface area (TPSA) is 159 Å². The summed E-state index contributed by atoms with van der Waals surface area (Å²) in [5, 5.41) is 7.34. The number of ether oxygens (including phenoxy) is 3. The third-order valence-corrected chi connectivity index (χ3v) is 4.66. The number of thioether (sulfide) groups is 1. The Labute approximate surface area is 190 Å². The van der Waals surface area contributed by atoms with Crippen molar-refractivity contribution in [2.45, 2.75) is 24.9 Å². The molecule has 0 saturated heterocycles. The van der Waals surface area contributed by atoms with Gasteiger partial charge in [-0.05, 0) is 20.4 Å². The van der Waals surface area contributed by atoms with Crippen molar-refractivity contribution in [3.63, 3.8) is 0 Å². The largest absolute Gasteiger partial charge is 0.468 e. The smallest absolute Gasteiger partial charge is 0.323 e. The highest BCUT2D eigenvalue weighted by Gasteiger charge is 2.18. The Kier molecular flexibility index (Phi) is 20.0. The summed E-state index contributed by atoms with van der Waals surface area (Å²) in [6, 6.07) is -1.12. The number of carbonyl (C=O) groups excluding carboxylic acids is 4. The number of esters is 3. The SMILES string of the molecule is CNCC(=O)OC.CN[C@@H](Cc1cscn1)C(=O)OC.COC(=O)[C@@H](N)CC(=O)SC. The molecular weight excluding hydrogens is 448 g/mol. The lowest BCUT2D eigenvalue weighted by Crippen LogP contribution is -2.36. The maximum absolute atomic E-state index is 11.2. The lowest BCUT2D eigenvalue weighted by atomic mass is 10.2. The van der Waals surface area contributed by atoms with E-state index in [0.29, 0.717) is 6.42 Å². The second kappa shape index (κ2) is 19.9. The van der Waals surface area contributed by atoms with Crippen LogP contribution in [-0.2, 0) is 39.8 Å². The van der Waals surface area contributed by atoms with Gasteiger partial charge in [0, 0.05) is 18.2 Å². The molecule has 0 aliphatic rings. The van der Waals surface area contributed by atoms with E-state index < -0.39 is 12.0 Å². The number of likely N-dealkylation sites (N-methyl/N-ethyl adjacent to an activating group) is 2. The summed E-state index contributed by atoms with van der Waals surface area (Å²) in [4.78, 5) is 46.8. The fraction of sp³-hybridized carbons (Fsp3) is 0.611. The van der Waals surface area contributed by atoms with Gasteiger partial charge in [0.05, 0.1) is 39.1 Å². The Balaban J connectivity index is 0. The number of carbonyl (C=O) groups is 4. The van der Waals surface area contributed by atoms with Gasteiger partial charge in [0.25, 0.3) is 0 Å². The van der Waals surface area contributed by atoms with E-state index in [2.05, 4.69) is 29.8 Å². The van der Waals surface area contributed by atoms with Crippen LogP contribution in [0.1, 0.15) is 12.1 Å². The standard InChI is InChI=1S/C8H12N2O2S.C6H11NO3S.C4H9NO2/c1-9-7(8(11)12-2)3-6-4-13-5-10-6;1-10-6(9)4(7)3-5(8)11-2;1-5-3-4(6)7-2/h4-5,7,9H,3H2,1-2H3;4H,3,7H2,1-2H3;5H,3H2,1-2H3/t7-;4-;/m00./s1. The summed E-state index contributed by atoms with van der Waals surface area (Å²) < 4.78 is 13.2. The normalized spacial score (nSPS) is 11.5. The first-order valence-corrected chi connectivity index (χ1v) is 11.1. The average molecular weight is 481 g/mol. The minimum absolute atomic E-state index is 0.0356. The van der Waals surface area contributed by atoms with E-state index in [-0.39, 0.29) is 36.1 Å². The molecule has 31 heavy (non-hydrogen) atoms. The molecule has 11 nitrogen and oxygen atoms in total. The predicted octanol–water partition coefficient (Wildman–Crippen LogP) is -0.408. The second-order valence-electron chi connectivity index (χ2n) is 5.56. The van der Waals surface area contributed by atoms with Crippen molar-refractivity contribution in [3.05, 3.63) is 16.6 Å². The minimum atomic E-state index is -0.819. The molecule has 1 aromatic rings. The van der Waals surface area contributed by atoms with Crippen LogP contribution < -0.4 is 16.4 Å². The van der Waals surface area contributed by atoms with Gasteiger partial charge in [0.2, 0.25) is 0 Å². The van der Waals surface area contributed by atoms with Crippen LogP contribution in [0, 0.1) is 0 Å². The van der Waals surface area contributed by atoms with Crippen LogP contribution in [0.4, 0.5) is 0 Å². The van der Waals surface area contributed by atoms with Crippen molar-refractivity contribution in [2.24, 2.45) is 5.73 Å². The van der Waals surface area contributed by atoms with E-state index in [9.17, 15) is 19.2 Å². The fourth-order valence-electron chi connectivity index (χ4n) is 1.71. The second-order valence-corrected chi connectivity index (χ2v) is 7.15. The lowest BCUT2D eigenvalue weighted by Gasteiger charge is -2.11. The van der Waals surface area contributed by atoms with Gasteiger partial charge in [-0.1, -0.05) is 11.8 Å². The van der Waals surface area contributed by atoms with Gasteiger partial charge < -0.3 is 30.6 Å². The highest BCUT2D eigenvalue weighted by molar-refractivity contribution is 8.13. The molecule has 0 amide bonds.